The van der Waals surface area contributed by atoms with Gasteiger partial charge in [0.1, 0.15) is 0 Å². The van der Waals surface area contributed by atoms with Gasteiger partial charge in [-0.1, -0.05) is 17.7 Å². The van der Waals surface area contributed by atoms with E-state index < -0.39 is 0 Å². The fraction of sp³-hybridized carbons (Fsp3) is 0. The number of nitrogens with zero attached hydrogens (tertiary/aromatic N) is 3. The zero-order valence-electron chi connectivity index (χ0n) is 9.17. The summed E-state index contributed by atoms with van der Waals surface area (Å²) in [5.74, 6) is 0. The molecule has 1 aromatic carbocycles. The lowest BCUT2D eigenvalue weighted by molar-refractivity contribution is 0.941. The van der Waals surface area contributed by atoms with E-state index in [1.807, 2.05) is 0 Å². The molecule has 0 amide bonds. The van der Waals surface area contributed by atoms with E-state index in [-0.39, 0.29) is 5.56 Å². The molecule has 18 heavy (non-hydrogen) atoms. The number of hydrogen-bond acceptors (Lipinski definition) is 3. The molecular weight excluding hydrogens is 250 g/mol. The number of aromatic nitrogens is 3. The Labute approximate surface area is 108 Å². The first-order valence-electron chi connectivity index (χ1n) is 5.27. The van der Waals surface area contributed by atoms with Gasteiger partial charge >= 0.3 is 0 Å². The summed E-state index contributed by atoms with van der Waals surface area (Å²) >= 11 is 6.04. The predicted octanol–water partition coefficient (Wildman–Crippen LogP) is 2.23. The Morgan fingerprint density at radius 3 is 2.89 bits per heavy atom. The van der Waals surface area contributed by atoms with Gasteiger partial charge in [0, 0.05) is 6.20 Å². The van der Waals surface area contributed by atoms with Crippen LogP contribution in [0.2, 0.25) is 5.02 Å². The zero-order chi connectivity index (χ0) is 12.5. The van der Waals surface area contributed by atoms with E-state index in [0.29, 0.717) is 21.6 Å². The molecule has 0 atom stereocenters. The molecule has 0 aliphatic heterocycles. The maximum atomic E-state index is 12.3. The highest BCUT2D eigenvalue weighted by Gasteiger charge is 2.09. The van der Waals surface area contributed by atoms with E-state index in [9.17, 15) is 4.79 Å². The van der Waals surface area contributed by atoms with Crippen molar-refractivity contribution in [3.8, 4) is 5.69 Å². The molecule has 0 N–H and O–H groups in total. The Hall–Kier alpha value is -2.20. The van der Waals surface area contributed by atoms with Crippen LogP contribution < -0.4 is 5.56 Å². The fourth-order valence-corrected chi connectivity index (χ4v) is 1.99. The number of fused-ring (bicyclic) bond motifs is 1. The van der Waals surface area contributed by atoms with E-state index in [1.165, 1.54) is 4.57 Å². The smallest absolute Gasteiger partial charge is 0.267 e. The SMILES string of the molecule is O=c1c2c(Cl)cccc2n[c]n1-c1cccnc1. The molecule has 0 saturated carbocycles. The molecule has 5 heteroatoms. The van der Waals surface area contributed by atoms with Gasteiger partial charge in [-0.25, -0.2) is 4.98 Å². The van der Waals surface area contributed by atoms with E-state index >= 15 is 0 Å². The van der Waals surface area contributed by atoms with E-state index in [4.69, 9.17) is 11.6 Å². The molecule has 0 bridgehead atoms. The summed E-state index contributed by atoms with van der Waals surface area (Å²) in [7, 11) is 0. The second-order valence-corrected chi connectivity index (χ2v) is 4.10. The molecule has 0 spiro atoms. The molecule has 4 nitrogen and oxygen atoms in total. The maximum absolute atomic E-state index is 12.3. The second-order valence-electron chi connectivity index (χ2n) is 3.70. The lowest BCUT2D eigenvalue weighted by atomic mass is 10.2. The Balaban J connectivity index is 2.37. The fourth-order valence-electron chi connectivity index (χ4n) is 1.74. The van der Waals surface area contributed by atoms with Crippen LogP contribution in [-0.2, 0) is 0 Å². The molecule has 2 aromatic heterocycles. The van der Waals surface area contributed by atoms with Crippen molar-refractivity contribution in [2.24, 2.45) is 0 Å². The Bertz CT molecular complexity index is 768. The summed E-state index contributed by atoms with van der Waals surface area (Å²) in [5, 5.41) is 0.776. The summed E-state index contributed by atoms with van der Waals surface area (Å²) in [5.41, 5.74) is 0.892. The highest BCUT2D eigenvalue weighted by Crippen LogP contribution is 2.18. The quantitative estimate of drug-likeness (QED) is 0.671. The molecule has 0 fully saturated rings. The standard InChI is InChI=1S/C13H7ClN3O/c14-10-4-1-5-11-12(10)13(18)17(8-16-11)9-3-2-6-15-7-9/h1-7H. The average Bonchev–Trinajstić information content (AvgIpc) is 2.40. The number of benzene rings is 1. The second kappa shape index (κ2) is 4.23. The van der Waals surface area contributed by atoms with Crippen molar-refractivity contribution in [3.63, 3.8) is 0 Å². The van der Waals surface area contributed by atoms with Gasteiger partial charge in [0.05, 0.1) is 27.8 Å². The monoisotopic (exact) mass is 256 g/mol. The van der Waals surface area contributed by atoms with Gasteiger partial charge in [-0.2, -0.15) is 0 Å². The molecule has 0 unspecified atom stereocenters. The van der Waals surface area contributed by atoms with E-state index in [0.717, 1.165) is 0 Å². The molecule has 2 heterocycles. The van der Waals surface area contributed by atoms with Gasteiger partial charge in [-0.05, 0) is 24.3 Å². The molecule has 0 aliphatic carbocycles. The molecule has 0 aliphatic rings. The van der Waals surface area contributed by atoms with E-state index in [1.54, 1.807) is 42.7 Å². The first-order valence-corrected chi connectivity index (χ1v) is 5.64. The highest BCUT2D eigenvalue weighted by molar-refractivity contribution is 6.35. The summed E-state index contributed by atoms with van der Waals surface area (Å²) in [4.78, 5) is 20.4. The van der Waals surface area contributed by atoms with Crippen molar-refractivity contribution in [1.29, 1.82) is 0 Å². The van der Waals surface area contributed by atoms with Gasteiger partial charge in [0.15, 0.2) is 6.33 Å². The van der Waals surface area contributed by atoms with Crippen LogP contribution in [0.15, 0.2) is 47.5 Å². The van der Waals surface area contributed by atoms with Crippen molar-refractivity contribution in [1.82, 2.24) is 14.5 Å². The minimum Gasteiger partial charge on any atom is -0.268 e. The van der Waals surface area contributed by atoms with Gasteiger partial charge < -0.3 is 0 Å². The van der Waals surface area contributed by atoms with Gasteiger partial charge in [0.2, 0.25) is 0 Å². The summed E-state index contributed by atoms with van der Waals surface area (Å²) < 4.78 is 1.31. The average molecular weight is 257 g/mol. The van der Waals surface area contributed by atoms with Crippen LogP contribution >= 0.6 is 11.6 Å². The lowest BCUT2D eigenvalue weighted by Gasteiger charge is -2.05. The van der Waals surface area contributed by atoms with Crippen LogP contribution in [0.3, 0.4) is 0 Å². The zero-order valence-corrected chi connectivity index (χ0v) is 9.93. The Morgan fingerprint density at radius 2 is 2.11 bits per heavy atom. The van der Waals surface area contributed by atoms with Gasteiger partial charge in [-0.3, -0.25) is 14.3 Å². The van der Waals surface area contributed by atoms with Gasteiger partial charge in [0.25, 0.3) is 5.56 Å². The van der Waals surface area contributed by atoms with Crippen LogP contribution in [0.1, 0.15) is 0 Å². The van der Waals surface area contributed by atoms with Crippen molar-refractivity contribution < 1.29 is 0 Å². The van der Waals surface area contributed by atoms with Crippen LogP contribution in [-0.4, -0.2) is 14.5 Å². The molecule has 0 saturated heterocycles. The van der Waals surface area contributed by atoms with Crippen LogP contribution in [0.4, 0.5) is 0 Å². The van der Waals surface area contributed by atoms with Crippen molar-refractivity contribution >= 4 is 22.5 Å². The number of rotatable bonds is 1. The number of halogens is 1. The molecule has 87 valence electrons. The number of pyridine rings is 1. The Kier molecular flexibility index (Phi) is 2.57. The third-order valence-electron chi connectivity index (χ3n) is 2.58. The minimum absolute atomic E-state index is 0.251. The van der Waals surface area contributed by atoms with Gasteiger partial charge in [-0.15, -0.1) is 0 Å². The van der Waals surface area contributed by atoms with Crippen LogP contribution in [0.25, 0.3) is 16.6 Å². The van der Waals surface area contributed by atoms with Crippen LogP contribution in [0, 0.1) is 6.33 Å². The topological polar surface area (TPSA) is 47.8 Å². The largest absolute Gasteiger partial charge is 0.268 e. The van der Waals surface area contributed by atoms with E-state index in [2.05, 4.69) is 16.3 Å². The molecule has 3 rings (SSSR count). The number of hydrogen-bond donors (Lipinski definition) is 0. The third-order valence-corrected chi connectivity index (χ3v) is 2.90. The predicted molar refractivity (Wildman–Crippen MR) is 69.0 cm³/mol. The summed E-state index contributed by atoms with van der Waals surface area (Å²) in [6, 6.07) is 8.65. The molecule has 3 aromatic rings. The first-order chi connectivity index (χ1) is 8.77. The summed E-state index contributed by atoms with van der Waals surface area (Å²) in [6.45, 7) is 0. The van der Waals surface area contributed by atoms with Crippen LogP contribution in [0.5, 0.6) is 0 Å². The lowest BCUT2D eigenvalue weighted by Crippen LogP contribution is -2.19. The van der Waals surface area contributed by atoms with Crippen molar-refractivity contribution in [3.05, 3.63) is 64.4 Å². The normalized spacial score (nSPS) is 10.7. The van der Waals surface area contributed by atoms with Crippen molar-refractivity contribution in [2.45, 2.75) is 0 Å². The van der Waals surface area contributed by atoms with Crippen molar-refractivity contribution in [2.75, 3.05) is 0 Å². The minimum atomic E-state index is -0.251. The first kappa shape index (κ1) is 10.9. The summed E-state index contributed by atoms with van der Waals surface area (Å²) in [6.07, 6.45) is 5.89. The maximum Gasteiger partial charge on any atom is 0.267 e. The molecular formula is C13H7ClN3O. The Morgan fingerprint density at radius 1 is 1.22 bits per heavy atom. The highest BCUT2D eigenvalue weighted by atomic mass is 35.5. The molecule has 1 radical (unpaired) electrons. The third kappa shape index (κ3) is 1.67.